The highest BCUT2D eigenvalue weighted by atomic mass is 79.9. The van der Waals surface area contributed by atoms with Crippen molar-refractivity contribution in [2.24, 2.45) is 0 Å². The van der Waals surface area contributed by atoms with Crippen LogP contribution in [0.3, 0.4) is 0 Å². The van der Waals surface area contributed by atoms with Gasteiger partial charge in [-0.2, -0.15) is 0 Å². The van der Waals surface area contributed by atoms with Gasteiger partial charge in [0.15, 0.2) is 0 Å². The predicted octanol–water partition coefficient (Wildman–Crippen LogP) is 6.37. The summed E-state index contributed by atoms with van der Waals surface area (Å²) in [6.07, 6.45) is 1.49. The Hall–Kier alpha value is -3.30. The summed E-state index contributed by atoms with van der Waals surface area (Å²) in [4.78, 5) is 24.8. The fourth-order valence-corrected chi connectivity index (χ4v) is 3.56. The van der Waals surface area contributed by atoms with Gasteiger partial charge in [-0.15, -0.1) is 0 Å². The first-order valence-corrected chi connectivity index (χ1v) is 11.4. The molecule has 0 bridgehead atoms. The van der Waals surface area contributed by atoms with Gasteiger partial charge in [0.25, 0.3) is 0 Å². The van der Waals surface area contributed by atoms with Gasteiger partial charge >= 0.3 is 6.09 Å². The molecule has 0 aliphatic heterocycles. The number of anilines is 3. The zero-order valence-corrected chi connectivity index (χ0v) is 20.5. The van der Waals surface area contributed by atoms with Crippen molar-refractivity contribution in [1.29, 1.82) is 0 Å². The molecule has 3 aromatic carbocycles. The zero-order chi connectivity index (χ0) is 23.8. The van der Waals surface area contributed by atoms with Gasteiger partial charge in [-0.25, -0.2) is 4.79 Å². The second kappa shape index (κ2) is 11.5. The van der Waals surface area contributed by atoms with Crippen LogP contribution in [0.25, 0.3) is 0 Å². The van der Waals surface area contributed by atoms with Gasteiger partial charge in [0.1, 0.15) is 11.9 Å². The maximum absolute atomic E-state index is 12.5. The number of nitrogen functional groups attached to an aromatic ring is 1. The van der Waals surface area contributed by atoms with E-state index >= 15 is 0 Å². The number of phenols is 1. The molecule has 0 aliphatic carbocycles. The Balaban J connectivity index is 1.71. The zero-order valence-electron chi connectivity index (χ0n) is 17.3. The van der Waals surface area contributed by atoms with Crippen molar-refractivity contribution in [3.8, 4) is 5.75 Å². The molecule has 3 aromatic rings. The molecule has 2 amide bonds. The molecule has 5 N–H and O–H groups in total. The SMILES string of the molecule is Nc1ccccc1NC(=O)/C=C/C[C@H](OC(=O)Nc1ccc(Br)cc1)c1cc(Br)ccc1O. The van der Waals surface area contributed by atoms with Crippen LogP contribution in [-0.4, -0.2) is 17.1 Å². The number of hydrogen-bond acceptors (Lipinski definition) is 5. The van der Waals surface area contributed by atoms with Gasteiger partial charge in [0.05, 0.1) is 11.4 Å². The highest BCUT2D eigenvalue weighted by Crippen LogP contribution is 2.32. The Labute approximate surface area is 207 Å². The molecule has 9 heteroatoms. The molecule has 170 valence electrons. The Morgan fingerprint density at radius 3 is 2.42 bits per heavy atom. The van der Waals surface area contributed by atoms with Gasteiger partial charge in [-0.3, -0.25) is 10.1 Å². The van der Waals surface area contributed by atoms with Crippen LogP contribution in [0.2, 0.25) is 0 Å². The van der Waals surface area contributed by atoms with Crippen molar-refractivity contribution in [3.63, 3.8) is 0 Å². The topological polar surface area (TPSA) is 114 Å². The van der Waals surface area contributed by atoms with Gasteiger partial charge in [-0.1, -0.05) is 50.1 Å². The summed E-state index contributed by atoms with van der Waals surface area (Å²) in [7, 11) is 0. The number of aromatic hydroxyl groups is 1. The second-order valence-corrected chi connectivity index (χ2v) is 8.77. The average molecular weight is 575 g/mol. The summed E-state index contributed by atoms with van der Waals surface area (Å²) in [5.74, 6) is -0.418. The van der Waals surface area contributed by atoms with Crippen LogP contribution in [0.4, 0.5) is 21.9 Å². The number of carbonyl (C=O) groups excluding carboxylic acids is 2. The molecular weight excluding hydrogens is 554 g/mol. The number of halogens is 2. The standard InChI is InChI=1S/C24H21Br2N3O4/c25-15-8-11-17(12-9-15)28-24(32)33-22(18-14-16(26)10-13-21(18)30)6-3-7-23(31)29-20-5-2-1-4-19(20)27/h1-5,7-14,22,30H,6,27H2,(H,28,32)(H,29,31)/b7-3+/t22-/m0/s1. The van der Waals surface area contributed by atoms with Crippen LogP contribution in [0.15, 0.2) is 87.8 Å². The van der Waals surface area contributed by atoms with E-state index in [2.05, 4.69) is 42.5 Å². The lowest BCUT2D eigenvalue weighted by molar-refractivity contribution is -0.111. The first-order valence-electron chi connectivity index (χ1n) is 9.85. The highest BCUT2D eigenvalue weighted by molar-refractivity contribution is 9.10. The molecule has 0 saturated carbocycles. The van der Waals surface area contributed by atoms with Crippen LogP contribution in [0.1, 0.15) is 18.1 Å². The lowest BCUT2D eigenvalue weighted by Crippen LogP contribution is -2.17. The van der Waals surface area contributed by atoms with E-state index in [4.69, 9.17) is 10.5 Å². The van der Waals surface area contributed by atoms with E-state index in [0.717, 1.165) is 4.47 Å². The quantitative estimate of drug-likeness (QED) is 0.193. The molecule has 1 atom stereocenters. The highest BCUT2D eigenvalue weighted by Gasteiger charge is 2.20. The number of phenolic OH excluding ortho intramolecular Hbond substituents is 1. The molecule has 0 spiro atoms. The minimum atomic E-state index is -0.844. The predicted molar refractivity (Wildman–Crippen MR) is 136 cm³/mol. The Bertz CT molecular complexity index is 1170. The molecule has 0 radical (unpaired) electrons. The van der Waals surface area contributed by atoms with Crippen LogP contribution in [-0.2, 0) is 9.53 Å². The van der Waals surface area contributed by atoms with Gasteiger partial charge in [0.2, 0.25) is 5.91 Å². The molecule has 7 nitrogen and oxygen atoms in total. The number of carbonyl (C=O) groups is 2. The number of amides is 2. The van der Waals surface area contributed by atoms with Crippen LogP contribution in [0.5, 0.6) is 5.75 Å². The first-order chi connectivity index (χ1) is 15.8. The second-order valence-electron chi connectivity index (χ2n) is 6.94. The summed E-state index contributed by atoms with van der Waals surface area (Å²) in [6.45, 7) is 0. The van der Waals surface area contributed by atoms with Crippen LogP contribution in [0, 0.1) is 0 Å². The van der Waals surface area contributed by atoms with Crippen molar-refractivity contribution in [3.05, 3.63) is 93.4 Å². The van der Waals surface area contributed by atoms with Crippen LogP contribution >= 0.6 is 31.9 Å². The normalized spacial score (nSPS) is 11.7. The molecule has 0 aromatic heterocycles. The average Bonchev–Trinajstić information content (AvgIpc) is 2.78. The third kappa shape index (κ3) is 7.37. The van der Waals surface area contributed by atoms with E-state index < -0.39 is 12.2 Å². The minimum Gasteiger partial charge on any atom is -0.508 e. The molecule has 33 heavy (non-hydrogen) atoms. The molecule has 0 aliphatic rings. The summed E-state index contributed by atoms with van der Waals surface area (Å²) >= 11 is 6.70. The Morgan fingerprint density at radius 1 is 1.00 bits per heavy atom. The maximum Gasteiger partial charge on any atom is 0.412 e. The molecular formula is C24H21Br2N3O4. The van der Waals surface area contributed by atoms with Crippen molar-refractivity contribution in [2.45, 2.75) is 12.5 Å². The monoisotopic (exact) mass is 573 g/mol. The lowest BCUT2D eigenvalue weighted by atomic mass is 10.0. The van der Waals surface area contributed by atoms with Crippen LogP contribution < -0.4 is 16.4 Å². The third-order valence-electron chi connectivity index (χ3n) is 4.51. The summed E-state index contributed by atoms with van der Waals surface area (Å²) < 4.78 is 7.16. The first kappa shape index (κ1) is 24.3. The number of ether oxygens (including phenoxy) is 1. The molecule has 0 fully saturated rings. The van der Waals surface area contributed by atoms with Crippen molar-refractivity contribution in [1.82, 2.24) is 0 Å². The van der Waals surface area contributed by atoms with Crippen molar-refractivity contribution in [2.75, 3.05) is 16.4 Å². The largest absolute Gasteiger partial charge is 0.508 e. The number of hydrogen-bond donors (Lipinski definition) is 4. The van der Waals surface area contributed by atoms with Gasteiger partial charge in [-0.05, 0) is 60.7 Å². The molecule has 0 unspecified atom stereocenters. The number of rotatable bonds is 7. The minimum absolute atomic E-state index is 0.0328. The van der Waals surface area contributed by atoms with Crippen molar-refractivity contribution >= 4 is 60.9 Å². The van der Waals surface area contributed by atoms with E-state index in [9.17, 15) is 14.7 Å². The van der Waals surface area contributed by atoms with E-state index in [0.29, 0.717) is 27.1 Å². The van der Waals surface area contributed by atoms with Gasteiger partial charge in [0, 0.05) is 26.6 Å². The summed E-state index contributed by atoms with van der Waals surface area (Å²) in [6, 6.07) is 18.7. The molecule has 3 rings (SSSR count). The molecule has 0 heterocycles. The maximum atomic E-state index is 12.5. The number of nitrogens with two attached hydrogens (primary N) is 1. The Kier molecular flexibility index (Phi) is 8.51. The molecule has 0 saturated heterocycles. The number of para-hydroxylation sites is 2. The summed E-state index contributed by atoms with van der Waals surface area (Å²) in [5, 5.41) is 15.7. The van der Waals surface area contributed by atoms with E-state index in [1.165, 1.54) is 12.1 Å². The Morgan fingerprint density at radius 2 is 1.70 bits per heavy atom. The third-order valence-corrected chi connectivity index (χ3v) is 5.54. The van der Waals surface area contributed by atoms with Gasteiger partial charge < -0.3 is 20.9 Å². The number of nitrogens with one attached hydrogen (secondary N) is 2. The van der Waals surface area contributed by atoms with E-state index in [1.807, 2.05) is 0 Å². The lowest BCUT2D eigenvalue weighted by Gasteiger charge is -2.19. The van der Waals surface area contributed by atoms with Crippen molar-refractivity contribution < 1.29 is 19.4 Å². The smallest absolute Gasteiger partial charge is 0.412 e. The van der Waals surface area contributed by atoms with E-state index in [1.54, 1.807) is 66.7 Å². The summed E-state index contributed by atoms with van der Waals surface area (Å²) in [5.41, 5.74) is 7.74. The fraction of sp³-hybridized carbons (Fsp3) is 0.0833. The fourth-order valence-electron chi connectivity index (χ4n) is 2.92. The number of benzene rings is 3. The van der Waals surface area contributed by atoms with E-state index in [-0.39, 0.29) is 18.1 Å².